The zero-order chi connectivity index (χ0) is 9.53. The fourth-order valence-corrected chi connectivity index (χ4v) is 2.59. The normalized spacial score (nSPS) is 43.2. The fourth-order valence-electron chi connectivity index (χ4n) is 2.59. The van der Waals surface area contributed by atoms with Crippen LogP contribution in [0.4, 0.5) is 0 Å². The van der Waals surface area contributed by atoms with Crippen LogP contribution in [0.1, 0.15) is 45.4 Å². The summed E-state index contributed by atoms with van der Waals surface area (Å²) in [6, 6.07) is 0. The number of aliphatic hydroxyl groups is 1. The van der Waals surface area contributed by atoms with Gasteiger partial charge in [0.25, 0.3) is 0 Å². The number of carbonyl (C=O) groups excluding carboxylic acids is 1. The number of fused-ring (bicyclic) bond motifs is 3. The van der Waals surface area contributed by atoms with Crippen molar-refractivity contribution in [2.45, 2.75) is 56.7 Å². The summed E-state index contributed by atoms with van der Waals surface area (Å²) in [6.07, 6.45) is 4.89. The molecule has 0 spiro atoms. The number of carbonyl (C=O) groups is 1. The van der Waals surface area contributed by atoms with E-state index in [4.69, 9.17) is 4.74 Å². The van der Waals surface area contributed by atoms with Gasteiger partial charge in [-0.2, -0.15) is 0 Å². The molecule has 2 bridgehead atoms. The molecule has 74 valence electrons. The number of hydrogen-bond acceptors (Lipinski definition) is 3. The average molecular weight is 184 g/mol. The Kier molecular flexibility index (Phi) is 1.88. The highest BCUT2D eigenvalue weighted by Crippen LogP contribution is 2.48. The minimum Gasteiger partial charge on any atom is -0.459 e. The van der Waals surface area contributed by atoms with E-state index in [2.05, 4.69) is 0 Å². The lowest BCUT2D eigenvalue weighted by Gasteiger charge is -2.49. The predicted molar refractivity (Wildman–Crippen MR) is 47.1 cm³/mol. The highest BCUT2D eigenvalue weighted by molar-refractivity contribution is 5.66. The van der Waals surface area contributed by atoms with Crippen molar-refractivity contribution in [3.63, 3.8) is 0 Å². The summed E-state index contributed by atoms with van der Waals surface area (Å²) < 4.78 is 5.36. The Hall–Kier alpha value is -0.570. The highest BCUT2D eigenvalue weighted by atomic mass is 16.6. The van der Waals surface area contributed by atoms with Crippen LogP contribution < -0.4 is 0 Å². The van der Waals surface area contributed by atoms with Gasteiger partial charge in [-0.1, -0.05) is 0 Å². The van der Waals surface area contributed by atoms with Gasteiger partial charge in [-0.15, -0.1) is 0 Å². The summed E-state index contributed by atoms with van der Waals surface area (Å²) in [5.41, 5.74) is -0.668. The van der Waals surface area contributed by atoms with Gasteiger partial charge in [0.1, 0.15) is 5.60 Å². The van der Waals surface area contributed by atoms with Crippen molar-refractivity contribution < 1.29 is 14.6 Å². The van der Waals surface area contributed by atoms with Crippen molar-refractivity contribution in [1.29, 1.82) is 0 Å². The Bertz CT molecular complexity index is 210. The molecule has 3 heteroatoms. The molecule has 0 aromatic carbocycles. The fraction of sp³-hybridized carbons (Fsp3) is 0.900. The lowest BCUT2D eigenvalue weighted by molar-refractivity contribution is -0.184. The summed E-state index contributed by atoms with van der Waals surface area (Å²) in [5.74, 6) is -0.188. The third-order valence-electron chi connectivity index (χ3n) is 3.50. The molecule has 0 aromatic rings. The molecule has 0 aromatic heterocycles. The smallest absolute Gasteiger partial charge is 0.303 e. The molecule has 3 aliphatic carbocycles. The molecule has 3 aliphatic rings. The summed E-state index contributed by atoms with van der Waals surface area (Å²) in [6.45, 7) is 1.46. The van der Waals surface area contributed by atoms with Crippen LogP contribution >= 0.6 is 0 Å². The van der Waals surface area contributed by atoms with Gasteiger partial charge in [0, 0.05) is 6.92 Å². The van der Waals surface area contributed by atoms with Gasteiger partial charge in [-0.25, -0.2) is 0 Å². The second-order valence-electron chi connectivity index (χ2n) is 4.50. The Morgan fingerprint density at radius 3 is 2.00 bits per heavy atom. The van der Waals surface area contributed by atoms with E-state index in [0.29, 0.717) is 0 Å². The predicted octanol–water partition coefficient (Wildman–Crippen LogP) is 1.39. The van der Waals surface area contributed by atoms with Crippen molar-refractivity contribution >= 4 is 5.97 Å². The summed E-state index contributed by atoms with van der Waals surface area (Å²) in [5, 5.41) is 9.93. The van der Waals surface area contributed by atoms with Crippen LogP contribution in [0.15, 0.2) is 0 Å². The third kappa shape index (κ3) is 1.57. The van der Waals surface area contributed by atoms with Crippen molar-refractivity contribution in [2.75, 3.05) is 0 Å². The maximum Gasteiger partial charge on any atom is 0.303 e. The van der Waals surface area contributed by atoms with Gasteiger partial charge in [0.15, 0.2) is 0 Å². The van der Waals surface area contributed by atoms with Crippen LogP contribution in [-0.2, 0) is 9.53 Å². The Morgan fingerprint density at radius 2 is 1.62 bits per heavy atom. The summed E-state index contributed by atoms with van der Waals surface area (Å²) >= 11 is 0. The number of hydrogen-bond donors (Lipinski definition) is 1. The molecule has 0 atom stereocenters. The van der Waals surface area contributed by atoms with Gasteiger partial charge in [-0.05, 0) is 38.5 Å². The van der Waals surface area contributed by atoms with Crippen LogP contribution in [0.25, 0.3) is 0 Å². The van der Waals surface area contributed by atoms with E-state index in [-0.39, 0.29) is 11.6 Å². The first-order valence-electron chi connectivity index (χ1n) is 4.96. The molecule has 1 N–H and O–H groups in total. The van der Waals surface area contributed by atoms with E-state index in [1.165, 1.54) is 6.92 Å². The maximum atomic E-state index is 10.9. The SMILES string of the molecule is CC(=O)OC12CCC(O)(CC1)CC2. The molecule has 3 rings (SSSR count). The number of esters is 1. The van der Waals surface area contributed by atoms with Crippen LogP contribution in [0.3, 0.4) is 0 Å². The molecule has 0 aliphatic heterocycles. The van der Waals surface area contributed by atoms with E-state index < -0.39 is 5.60 Å². The maximum absolute atomic E-state index is 10.9. The molecule has 0 unspecified atom stereocenters. The molecule has 13 heavy (non-hydrogen) atoms. The highest BCUT2D eigenvalue weighted by Gasteiger charge is 2.49. The lowest BCUT2D eigenvalue weighted by Crippen LogP contribution is -2.51. The second-order valence-corrected chi connectivity index (χ2v) is 4.50. The Balaban J connectivity index is 2.07. The van der Waals surface area contributed by atoms with Gasteiger partial charge >= 0.3 is 5.97 Å². The largest absolute Gasteiger partial charge is 0.459 e. The number of ether oxygens (including phenoxy) is 1. The summed E-state index contributed by atoms with van der Waals surface area (Å²) in [7, 11) is 0. The van der Waals surface area contributed by atoms with Crippen molar-refractivity contribution in [2.24, 2.45) is 0 Å². The van der Waals surface area contributed by atoms with E-state index in [1.54, 1.807) is 0 Å². The van der Waals surface area contributed by atoms with Gasteiger partial charge < -0.3 is 9.84 Å². The first kappa shape index (κ1) is 9.00. The summed E-state index contributed by atoms with van der Waals surface area (Å²) in [4.78, 5) is 10.9. The van der Waals surface area contributed by atoms with Crippen LogP contribution in [0.2, 0.25) is 0 Å². The topological polar surface area (TPSA) is 46.5 Å². The van der Waals surface area contributed by atoms with Gasteiger partial charge in [0.2, 0.25) is 0 Å². The third-order valence-corrected chi connectivity index (χ3v) is 3.50. The van der Waals surface area contributed by atoms with Gasteiger partial charge in [0.05, 0.1) is 5.60 Å². The Labute approximate surface area is 78.1 Å². The van der Waals surface area contributed by atoms with E-state index in [1.807, 2.05) is 0 Å². The van der Waals surface area contributed by atoms with Gasteiger partial charge in [-0.3, -0.25) is 4.79 Å². The molecule has 0 radical (unpaired) electrons. The van der Waals surface area contributed by atoms with E-state index >= 15 is 0 Å². The van der Waals surface area contributed by atoms with Crippen molar-refractivity contribution in [3.8, 4) is 0 Å². The standard InChI is InChI=1S/C10H16O3/c1-8(11)13-10-5-2-9(12,3-6-10)4-7-10/h12H,2-7H2,1H3. The van der Waals surface area contributed by atoms with Crippen molar-refractivity contribution in [3.05, 3.63) is 0 Å². The molecule has 0 amide bonds. The minimum atomic E-state index is -0.443. The van der Waals surface area contributed by atoms with E-state index in [0.717, 1.165) is 38.5 Å². The zero-order valence-corrected chi connectivity index (χ0v) is 8.01. The Morgan fingerprint density at radius 1 is 1.15 bits per heavy atom. The molecular formula is C10H16O3. The van der Waals surface area contributed by atoms with Crippen LogP contribution in [-0.4, -0.2) is 22.3 Å². The first-order valence-corrected chi connectivity index (χ1v) is 4.96. The average Bonchev–Trinajstić information content (AvgIpc) is 2.07. The second kappa shape index (κ2) is 2.71. The molecule has 3 fully saturated rings. The monoisotopic (exact) mass is 184 g/mol. The lowest BCUT2D eigenvalue weighted by atomic mass is 9.65. The van der Waals surface area contributed by atoms with Crippen LogP contribution in [0, 0.1) is 0 Å². The molecule has 3 saturated carbocycles. The van der Waals surface area contributed by atoms with Crippen molar-refractivity contribution in [1.82, 2.24) is 0 Å². The number of rotatable bonds is 1. The first-order chi connectivity index (χ1) is 6.04. The molecule has 3 nitrogen and oxygen atoms in total. The van der Waals surface area contributed by atoms with E-state index in [9.17, 15) is 9.90 Å². The molecular weight excluding hydrogens is 168 g/mol. The zero-order valence-electron chi connectivity index (χ0n) is 8.01. The minimum absolute atomic E-state index is 0.188. The molecule has 0 saturated heterocycles. The van der Waals surface area contributed by atoms with Crippen LogP contribution in [0.5, 0.6) is 0 Å². The quantitative estimate of drug-likeness (QED) is 0.626. The molecule has 0 heterocycles.